The summed E-state index contributed by atoms with van der Waals surface area (Å²) in [5, 5.41) is -0.432. The van der Waals surface area contributed by atoms with Crippen LogP contribution in [0.15, 0.2) is 35.9 Å². The third kappa shape index (κ3) is 3.00. The molecule has 0 amide bonds. The SMILES string of the molecule is COc1ccccc1OCCC1=CC2CCCC(C1)S2(=O)=O. The Bertz CT molecular complexity index is 663. The highest BCUT2D eigenvalue weighted by Crippen LogP contribution is 2.36. The van der Waals surface area contributed by atoms with Gasteiger partial charge in [-0.2, -0.15) is 0 Å². The van der Waals surface area contributed by atoms with Gasteiger partial charge >= 0.3 is 0 Å². The molecular formula is C17H22O4S. The predicted molar refractivity (Wildman–Crippen MR) is 86.2 cm³/mol. The van der Waals surface area contributed by atoms with E-state index in [0.29, 0.717) is 13.0 Å². The third-order valence-corrected chi connectivity index (χ3v) is 7.11. The first kappa shape index (κ1) is 15.4. The molecule has 0 N–H and O–H groups in total. The van der Waals surface area contributed by atoms with Crippen molar-refractivity contribution < 1.29 is 17.9 Å². The number of methoxy groups -OCH3 is 1. The van der Waals surface area contributed by atoms with Crippen LogP contribution in [0.5, 0.6) is 11.5 Å². The van der Waals surface area contributed by atoms with Crippen LogP contribution in [0.4, 0.5) is 0 Å². The third-order valence-electron chi connectivity index (χ3n) is 4.56. The van der Waals surface area contributed by atoms with E-state index in [0.717, 1.165) is 37.2 Å². The molecule has 1 fully saturated rings. The van der Waals surface area contributed by atoms with Crippen LogP contribution in [0.1, 0.15) is 32.1 Å². The Morgan fingerprint density at radius 2 is 1.95 bits per heavy atom. The molecule has 2 aliphatic rings. The fourth-order valence-electron chi connectivity index (χ4n) is 3.36. The molecule has 0 spiro atoms. The number of ether oxygens (including phenoxy) is 2. The number of benzene rings is 1. The Hall–Kier alpha value is -1.49. The average Bonchev–Trinajstić information content (AvgIpc) is 2.48. The molecule has 120 valence electrons. The van der Waals surface area contributed by atoms with E-state index in [9.17, 15) is 8.42 Å². The zero-order valence-corrected chi connectivity index (χ0v) is 13.6. The molecule has 2 bridgehead atoms. The molecule has 5 heteroatoms. The summed E-state index contributed by atoms with van der Waals surface area (Å²) in [4.78, 5) is 0. The predicted octanol–water partition coefficient (Wildman–Crippen LogP) is 3.13. The summed E-state index contributed by atoms with van der Waals surface area (Å²) in [6, 6.07) is 7.57. The lowest BCUT2D eigenvalue weighted by Gasteiger charge is -2.33. The molecule has 0 radical (unpaired) electrons. The summed E-state index contributed by atoms with van der Waals surface area (Å²) in [6.45, 7) is 0.547. The second kappa shape index (κ2) is 6.32. The minimum atomic E-state index is -2.92. The lowest BCUT2D eigenvalue weighted by Crippen LogP contribution is -2.39. The normalized spacial score (nSPS) is 26.1. The van der Waals surface area contributed by atoms with Gasteiger partial charge < -0.3 is 9.47 Å². The van der Waals surface area contributed by atoms with Crippen molar-refractivity contribution in [3.63, 3.8) is 0 Å². The molecule has 1 aromatic carbocycles. The molecule has 0 aromatic heterocycles. The van der Waals surface area contributed by atoms with Crippen LogP contribution in [0.3, 0.4) is 0 Å². The number of hydrogen-bond acceptors (Lipinski definition) is 4. The number of sulfone groups is 1. The van der Waals surface area contributed by atoms with Gasteiger partial charge in [0.1, 0.15) is 0 Å². The minimum absolute atomic E-state index is 0.169. The molecule has 0 aliphatic carbocycles. The van der Waals surface area contributed by atoms with Crippen molar-refractivity contribution in [2.24, 2.45) is 0 Å². The van der Waals surface area contributed by atoms with Gasteiger partial charge in [0.15, 0.2) is 21.3 Å². The van der Waals surface area contributed by atoms with Crippen LogP contribution in [0.2, 0.25) is 0 Å². The van der Waals surface area contributed by atoms with Crippen molar-refractivity contribution in [3.8, 4) is 11.5 Å². The topological polar surface area (TPSA) is 52.6 Å². The lowest BCUT2D eigenvalue weighted by atomic mass is 9.96. The molecular weight excluding hydrogens is 300 g/mol. The Labute approximate surface area is 132 Å². The van der Waals surface area contributed by atoms with Gasteiger partial charge in [0.05, 0.1) is 24.2 Å². The number of fused-ring (bicyclic) bond motifs is 2. The number of para-hydroxylation sites is 2. The molecule has 1 saturated heterocycles. The molecule has 1 aromatic rings. The first-order valence-corrected chi connectivity index (χ1v) is 9.40. The van der Waals surface area contributed by atoms with Gasteiger partial charge in [0.25, 0.3) is 0 Å². The van der Waals surface area contributed by atoms with E-state index in [2.05, 4.69) is 0 Å². The van der Waals surface area contributed by atoms with Crippen molar-refractivity contribution in [1.82, 2.24) is 0 Å². The minimum Gasteiger partial charge on any atom is -0.493 e. The number of hydrogen-bond donors (Lipinski definition) is 0. The molecule has 4 nitrogen and oxygen atoms in total. The Morgan fingerprint density at radius 1 is 1.18 bits per heavy atom. The van der Waals surface area contributed by atoms with E-state index in [1.807, 2.05) is 30.3 Å². The fraction of sp³-hybridized carbons (Fsp3) is 0.529. The maximum absolute atomic E-state index is 12.2. The Kier molecular flexibility index (Phi) is 4.43. The molecule has 0 saturated carbocycles. The van der Waals surface area contributed by atoms with E-state index in [-0.39, 0.29) is 10.5 Å². The van der Waals surface area contributed by atoms with E-state index >= 15 is 0 Å². The average molecular weight is 322 g/mol. The van der Waals surface area contributed by atoms with E-state index in [1.165, 1.54) is 5.57 Å². The number of rotatable bonds is 5. The summed E-state index contributed by atoms with van der Waals surface area (Å²) in [6.07, 6.45) is 6.03. The highest BCUT2D eigenvalue weighted by Gasteiger charge is 2.39. The van der Waals surface area contributed by atoms with Crippen molar-refractivity contribution in [3.05, 3.63) is 35.9 Å². The van der Waals surface area contributed by atoms with Crippen LogP contribution in [0, 0.1) is 0 Å². The summed E-state index contributed by atoms with van der Waals surface area (Å²) in [5.41, 5.74) is 1.22. The fourth-order valence-corrected chi connectivity index (χ4v) is 5.67. The lowest BCUT2D eigenvalue weighted by molar-refractivity contribution is 0.295. The van der Waals surface area contributed by atoms with Crippen molar-refractivity contribution in [2.75, 3.05) is 13.7 Å². The first-order chi connectivity index (χ1) is 10.6. The Balaban J connectivity index is 1.62. The van der Waals surface area contributed by atoms with Gasteiger partial charge in [0.2, 0.25) is 0 Å². The molecule has 2 aliphatic heterocycles. The maximum Gasteiger partial charge on any atom is 0.161 e. The smallest absolute Gasteiger partial charge is 0.161 e. The summed E-state index contributed by atoms with van der Waals surface area (Å²) < 4.78 is 35.5. The quantitative estimate of drug-likeness (QED) is 0.782. The van der Waals surface area contributed by atoms with E-state index in [1.54, 1.807) is 7.11 Å². The Morgan fingerprint density at radius 3 is 2.68 bits per heavy atom. The van der Waals surface area contributed by atoms with Gasteiger partial charge in [-0.15, -0.1) is 0 Å². The van der Waals surface area contributed by atoms with Gasteiger partial charge in [0, 0.05) is 6.42 Å². The second-order valence-corrected chi connectivity index (χ2v) is 8.41. The molecule has 2 heterocycles. The largest absolute Gasteiger partial charge is 0.493 e. The standard InChI is InChI=1S/C17H22O4S/c1-20-16-7-2-3-8-17(16)21-10-9-13-11-14-5-4-6-15(12-13)22(14,18)19/h2-3,7-8,11,14-15H,4-6,9-10,12H2,1H3. The zero-order chi connectivity index (χ0) is 15.6. The van der Waals surface area contributed by atoms with E-state index in [4.69, 9.17) is 9.47 Å². The van der Waals surface area contributed by atoms with Crippen molar-refractivity contribution >= 4 is 9.84 Å². The van der Waals surface area contributed by atoms with E-state index < -0.39 is 9.84 Å². The van der Waals surface area contributed by atoms with Crippen LogP contribution in [-0.4, -0.2) is 32.6 Å². The van der Waals surface area contributed by atoms with Gasteiger partial charge in [-0.3, -0.25) is 0 Å². The van der Waals surface area contributed by atoms with Crippen molar-refractivity contribution in [2.45, 2.75) is 42.6 Å². The summed E-state index contributed by atoms with van der Waals surface area (Å²) in [7, 11) is -1.30. The van der Waals surface area contributed by atoms with Crippen LogP contribution in [0.25, 0.3) is 0 Å². The van der Waals surface area contributed by atoms with Gasteiger partial charge in [-0.25, -0.2) is 8.42 Å². The molecule has 3 rings (SSSR count). The second-order valence-electron chi connectivity index (χ2n) is 5.96. The van der Waals surface area contributed by atoms with Crippen LogP contribution < -0.4 is 9.47 Å². The monoisotopic (exact) mass is 322 g/mol. The molecule has 22 heavy (non-hydrogen) atoms. The zero-order valence-electron chi connectivity index (χ0n) is 12.8. The molecule has 2 unspecified atom stereocenters. The van der Waals surface area contributed by atoms with Crippen LogP contribution in [-0.2, 0) is 9.84 Å². The summed E-state index contributed by atoms with van der Waals surface area (Å²) in [5.74, 6) is 1.45. The van der Waals surface area contributed by atoms with Gasteiger partial charge in [-0.05, 0) is 31.4 Å². The summed E-state index contributed by atoms with van der Waals surface area (Å²) >= 11 is 0. The first-order valence-electron chi connectivity index (χ1n) is 7.79. The molecule has 2 atom stereocenters. The van der Waals surface area contributed by atoms with Crippen molar-refractivity contribution in [1.29, 1.82) is 0 Å². The maximum atomic E-state index is 12.2. The highest BCUT2D eigenvalue weighted by molar-refractivity contribution is 7.92. The van der Waals surface area contributed by atoms with Crippen LogP contribution >= 0.6 is 0 Å². The van der Waals surface area contributed by atoms with Gasteiger partial charge in [-0.1, -0.05) is 30.2 Å². The highest BCUT2D eigenvalue weighted by atomic mass is 32.2.